The molecule has 0 aromatic heterocycles. The van der Waals surface area contributed by atoms with Crippen LogP contribution in [-0.4, -0.2) is 17.7 Å². The summed E-state index contributed by atoms with van der Waals surface area (Å²) in [6.45, 7) is 1.28. The van der Waals surface area contributed by atoms with E-state index in [-0.39, 0.29) is 18.6 Å². The van der Waals surface area contributed by atoms with Gasteiger partial charge in [0, 0.05) is 12.8 Å². The van der Waals surface area contributed by atoms with Gasteiger partial charge in [-0.15, -0.1) is 0 Å². The summed E-state index contributed by atoms with van der Waals surface area (Å²) in [5, 5.41) is 0. The second-order valence-electron chi connectivity index (χ2n) is 2.48. The lowest BCUT2D eigenvalue weighted by Gasteiger charge is -2.02. The quantitative estimate of drug-likeness (QED) is 0.665. The number of Topliss-reactive ketones (excluding diaryl/α,β-unsaturated/α-hetero) is 2. The van der Waals surface area contributed by atoms with Crippen LogP contribution in [0, 0.1) is 0 Å². The Morgan fingerprint density at radius 1 is 1.17 bits per heavy atom. The van der Waals surface area contributed by atoms with Crippen LogP contribution in [0.15, 0.2) is 0 Å². The third-order valence-electron chi connectivity index (χ3n) is 1.25. The maximum absolute atomic E-state index is 11.5. The summed E-state index contributed by atoms with van der Waals surface area (Å²) < 4.78 is 34.6. The molecule has 12 heavy (non-hydrogen) atoms. The molecule has 70 valence electrons. The average Bonchev–Trinajstić information content (AvgIpc) is 1.84. The zero-order valence-corrected chi connectivity index (χ0v) is 6.57. The number of hydrogen-bond acceptors (Lipinski definition) is 2. The lowest BCUT2D eigenvalue weighted by molar-refractivity contribution is -0.171. The summed E-state index contributed by atoms with van der Waals surface area (Å²) in [4.78, 5) is 20.5. The van der Waals surface area contributed by atoms with Crippen molar-refractivity contribution in [1.82, 2.24) is 0 Å². The number of halogens is 3. The van der Waals surface area contributed by atoms with Crippen molar-refractivity contribution in [2.45, 2.75) is 32.4 Å². The number of rotatable bonds is 4. The molecule has 0 heterocycles. The zero-order chi connectivity index (χ0) is 9.78. The first-order valence-corrected chi connectivity index (χ1v) is 3.43. The van der Waals surface area contributed by atoms with Gasteiger partial charge in [-0.3, -0.25) is 4.79 Å². The van der Waals surface area contributed by atoms with E-state index in [9.17, 15) is 22.8 Å². The van der Waals surface area contributed by atoms with Gasteiger partial charge < -0.3 is 4.79 Å². The lowest BCUT2D eigenvalue weighted by atomic mass is 10.1. The normalized spacial score (nSPS) is 11.3. The third kappa shape index (κ3) is 4.87. The standard InChI is InChI=1S/C7H9F3O2/c1-5(11)3-2-4-6(12)7(8,9)10/h2-4H2,1H3. The molecule has 0 unspecified atom stereocenters. The first kappa shape index (κ1) is 11.1. The van der Waals surface area contributed by atoms with Crippen LogP contribution in [0.1, 0.15) is 26.2 Å². The van der Waals surface area contributed by atoms with Crippen molar-refractivity contribution in [3.63, 3.8) is 0 Å². The Labute approximate surface area is 67.7 Å². The van der Waals surface area contributed by atoms with E-state index >= 15 is 0 Å². The molecule has 0 aliphatic carbocycles. The predicted molar refractivity (Wildman–Crippen MR) is 35.6 cm³/mol. The van der Waals surface area contributed by atoms with Gasteiger partial charge in [-0.05, 0) is 13.3 Å². The molecule has 0 aliphatic heterocycles. The Hall–Kier alpha value is -0.870. The average molecular weight is 182 g/mol. The van der Waals surface area contributed by atoms with Crippen LogP contribution in [0.5, 0.6) is 0 Å². The third-order valence-corrected chi connectivity index (χ3v) is 1.25. The number of alkyl halides is 3. The molecule has 0 spiro atoms. The van der Waals surface area contributed by atoms with E-state index in [1.54, 1.807) is 0 Å². The summed E-state index contributed by atoms with van der Waals surface area (Å²) in [5.41, 5.74) is 0. The van der Waals surface area contributed by atoms with Crippen molar-refractivity contribution < 1.29 is 22.8 Å². The molecule has 0 aromatic carbocycles. The van der Waals surface area contributed by atoms with E-state index < -0.39 is 18.4 Å². The fourth-order valence-corrected chi connectivity index (χ4v) is 0.640. The molecular weight excluding hydrogens is 173 g/mol. The maximum atomic E-state index is 11.5. The monoisotopic (exact) mass is 182 g/mol. The van der Waals surface area contributed by atoms with E-state index in [0.717, 1.165) is 0 Å². The molecule has 0 saturated heterocycles. The summed E-state index contributed by atoms with van der Waals surface area (Å²) in [5.74, 6) is -1.96. The Morgan fingerprint density at radius 2 is 1.67 bits per heavy atom. The second-order valence-corrected chi connectivity index (χ2v) is 2.48. The summed E-state index contributed by atoms with van der Waals surface area (Å²) >= 11 is 0. The molecule has 0 N–H and O–H groups in total. The predicted octanol–water partition coefficient (Wildman–Crippen LogP) is 1.88. The van der Waals surface area contributed by atoms with Crippen molar-refractivity contribution in [2.24, 2.45) is 0 Å². The van der Waals surface area contributed by atoms with Crippen molar-refractivity contribution in [2.75, 3.05) is 0 Å². The fourth-order valence-electron chi connectivity index (χ4n) is 0.640. The highest BCUT2D eigenvalue weighted by Crippen LogP contribution is 2.18. The van der Waals surface area contributed by atoms with Gasteiger partial charge in [0.15, 0.2) is 0 Å². The molecule has 0 aliphatic rings. The van der Waals surface area contributed by atoms with Crippen LogP contribution in [0.2, 0.25) is 0 Å². The molecule has 0 radical (unpaired) electrons. The molecule has 0 amide bonds. The van der Waals surface area contributed by atoms with Gasteiger partial charge in [0.25, 0.3) is 0 Å². The molecule has 0 atom stereocenters. The van der Waals surface area contributed by atoms with E-state index in [1.165, 1.54) is 6.92 Å². The van der Waals surface area contributed by atoms with E-state index in [2.05, 4.69) is 0 Å². The molecule has 0 bridgehead atoms. The Bertz CT molecular complexity index is 184. The van der Waals surface area contributed by atoms with Gasteiger partial charge in [-0.25, -0.2) is 0 Å². The SMILES string of the molecule is CC(=O)CCCC(=O)C(F)(F)F. The van der Waals surface area contributed by atoms with Gasteiger partial charge in [-0.2, -0.15) is 13.2 Å². The molecule has 2 nitrogen and oxygen atoms in total. The van der Waals surface area contributed by atoms with Gasteiger partial charge in [0.2, 0.25) is 5.78 Å². The van der Waals surface area contributed by atoms with Crippen molar-refractivity contribution in [3.05, 3.63) is 0 Å². The highest BCUT2D eigenvalue weighted by molar-refractivity contribution is 5.84. The molecule has 0 rings (SSSR count). The van der Waals surface area contributed by atoms with Crippen LogP contribution in [0.4, 0.5) is 13.2 Å². The fraction of sp³-hybridized carbons (Fsp3) is 0.714. The number of carbonyl (C=O) groups is 2. The van der Waals surface area contributed by atoms with Crippen molar-refractivity contribution in [1.29, 1.82) is 0 Å². The van der Waals surface area contributed by atoms with E-state index in [1.807, 2.05) is 0 Å². The Kier molecular flexibility index (Phi) is 3.92. The highest BCUT2D eigenvalue weighted by atomic mass is 19.4. The molecular formula is C7H9F3O2. The van der Waals surface area contributed by atoms with Crippen LogP contribution < -0.4 is 0 Å². The van der Waals surface area contributed by atoms with Gasteiger partial charge in [0.1, 0.15) is 5.78 Å². The highest BCUT2D eigenvalue weighted by Gasteiger charge is 2.37. The Balaban J connectivity index is 3.66. The van der Waals surface area contributed by atoms with Crippen LogP contribution in [-0.2, 0) is 9.59 Å². The summed E-state index contributed by atoms with van der Waals surface area (Å²) in [6.07, 6.45) is -5.34. The van der Waals surface area contributed by atoms with Crippen LogP contribution in [0.25, 0.3) is 0 Å². The van der Waals surface area contributed by atoms with Crippen molar-refractivity contribution in [3.8, 4) is 0 Å². The minimum Gasteiger partial charge on any atom is -0.300 e. The summed E-state index contributed by atoms with van der Waals surface area (Å²) in [7, 11) is 0. The number of ketones is 2. The Morgan fingerprint density at radius 3 is 2.00 bits per heavy atom. The van der Waals surface area contributed by atoms with Crippen LogP contribution in [0.3, 0.4) is 0 Å². The zero-order valence-electron chi connectivity index (χ0n) is 6.57. The summed E-state index contributed by atoms with van der Waals surface area (Å²) in [6, 6.07) is 0. The first-order chi connectivity index (χ1) is 5.34. The second kappa shape index (κ2) is 4.23. The minimum atomic E-state index is -4.75. The molecule has 0 saturated carbocycles. The number of hydrogen-bond donors (Lipinski definition) is 0. The molecule has 5 heteroatoms. The maximum Gasteiger partial charge on any atom is 0.449 e. The van der Waals surface area contributed by atoms with E-state index in [4.69, 9.17) is 0 Å². The largest absolute Gasteiger partial charge is 0.449 e. The number of carbonyl (C=O) groups excluding carboxylic acids is 2. The lowest BCUT2D eigenvalue weighted by Crippen LogP contribution is -2.22. The van der Waals surface area contributed by atoms with Gasteiger partial charge >= 0.3 is 6.18 Å². The van der Waals surface area contributed by atoms with Crippen LogP contribution >= 0.6 is 0 Å². The van der Waals surface area contributed by atoms with Gasteiger partial charge in [0.05, 0.1) is 0 Å². The first-order valence-electron chi connectivity index (χ1n) is 3.43. The van der Waals surface area contributed by atoms with E-state index in [0.29, 0.717) is 0 Å². The topological polar surface area (TPSA) is 34.1 Å². The molecule has 0 aromatic rings. The minimum absolute atomic E-state index is 0.0202. The van der Waals surface area contributed by atoms with Crippen molar-refractivity contribution >= 4 is 11.6 Å². The van der Waals surface area contributed by atoms with Gasteiger partial charge in [-0.1, -0.05) is 0 Å². The molecule has 0 fully saturated rings. The smallest absolute Gasteiger partial charge is 0.300 e.